The number of carbonyl (C=O) groups excluding carboxylic acids is 1. The zero-order valence-corrected chi connectivity index (χ0v) is 14.0. The summed E-state index contributed by atoms with van der Waals surface area (Å²) >= 11 is 0. The Bertz CT molecular complexity index is 554. The molecule has 0 heterocycles. The third-order valence-electron chi connectivity index (χ3n) is 5.81. The van der Waals surface area contributed by atoms with Gasteiger partial charge in [-0.05, 0) is 61.3 Å². The number of aliphatic hydroxyl groups is 1. The minimum Gasteiger partial charge on any atom is -0.392 e. The topological polar surface area (TPSA) is 37.3 Å². The van der Waals surface area contributed by atoms with Gasteiger partial charge in [-0.1, -0.05) is 43.4 Å². The van der Waals surface area contributed by atoms with Gasteiger partial charge in [-0.15, -0.1) is 6.58 Å². The van der Waals surface area contributed by atoms with Crippen LogP contribution >= 0.6 is 0 Å². The molecule has 2 bridgehead atoms. The predicted molar refractivity (Wildman–Crippen MR) is 93.8 cm³/mol. The first-order valence-corrected chi connectivity index (χ1v) is 9.03. The van der Waals surface area contributed by atoms with E-state index in [0.717, 1.165) is 24.8 Å². The van der Waals surface area contributed by atoms with E-state index in [1.54, 1.807) is 0 Å². The summed E-state index contributed by atoms with van der Waals surface area (Å²) < 4.78 is 0. The van der Waals surface area contributed by atoms with Crippen LogP contribution in [-0.4, -0.2) is 17.0 Å². The quantitative estimate of drug-likeness (QED) is 0.564. The van der Waals surface area contributed by atoms with Crippen molar-refractivity contribution in [2.45, 2.75) is 45.1 Å². The largest absolute Gasteiger partial charge is 0.392 e. The van der Waals surface area contributed by atoms with Crippen molar-refractivity contribution in [1.29, 1.82) is 0 Å². The SMILES string of the molecule is C=CC[C@H]1/C(=C\C[C@@H](O)C/C=C\CC)C(=O)[C@H]2[C@@H]1[C@H]1C=C[C@@H]2C1. The van der Waals surface area contributed by atoms with Gasteiger partial charge in [0.1, 0.15) is 0 Å². The molecule has 0 aromatic carbocycles. The van der Waals surface area contributed by atoms with E-state index in [0.29, 0.717) is 42.3 Å². The van der Waals surface area contributed by atoms with E-state index in [9.17, 15) is 9.90 Å². The van der Waals surface area contributed by atoms with Crippen LogP contribution in [0.5, 0.6) is 0 Å². The van der Waals surface area contributed by atoms with Gasteiger partial charge in [0.25, 0.3) is 0 Å². The molecule has 3 aliphatic carbocycles. The van der Waals surface area contributed by atoms with Crippen molar-refractivity contribution in [2.24, 2.45) is 29.6 Å². The lowest BCUT2D eigenvalue weighted by atomic mass is 9.79. The van der Waals surface area contributed by atoms with Crippen molar-refractivity contribution in [2.75, 3.05) is 0 Å². The molecule has 3 rings (SSSR count). The Morgan fingerprint density at radius 1 is 1.30 bits per heavy atom. The highest BCUT2D eigenvalue weighted by Gasteiger charge is 2.56. The number of fused-ring (bicyclic) bond motifs is 5. The molecule has 0 amide bonds. The van der Waals surface area contributed by atoms with Gasteiger partial charge in [-0.2, -0.15) is 0 Å². The number of Topliss-reactive ketones (excluding diaryl/α,β-unsaturated/α-hetero) is 1. The smallest absolute Gasteiger partial charge is 0.162 e. The van der Waals surface area contributed by atoms with Crippen molar-refractivity contribution >= 4 is 5.78 Å². The van der Waals surface area contributed by atoms with Crippen LogP contribution in [0.25, 0.3) is 0 Å². The van der Waals surface area contributed by atoms with Crippen molar-refractivity contribution in [1.82, 2.24) is 0 Å². The maximum atomic E-state index is 12.9. The molecule has 2 saturated carbocycles. The average molecular weight is 312 g/mol. The summed E-state index contributed by atoms with van der Waals surface area (Å²) in [6.45, 7) is 5.98. The molecule has 3 aliphatic rings. The van der Waals surface area contributed by atoms with Gasteiger partial charge in [0, 0.05) is 5.92 Å². The number of hydrogen-bond acceptors (Lipinski definition) is 2. The number of carbonyl (C=O) groups is 1. The molecule has 0 aliphatic heterocycles. The number of allylic oxidation sites excluding steroid dienone is 5. The molecule has 1 N–H and O–H groups in total. The molecule has 0 aromatic heterocycles. The number of ketones is 1. The van der Waals surface area contributed by atoms with Crippen molar-refractivity contribution < 1.29 is 9.90 Å². The van der Waals surface area contributed by atoms with Gasteiger partial charge in [0.15, 0.2) is 5.78 Å². The normalized spacial score (nSPS) is 37.9. The maximum Gasteiger partial charge on any atom is 0.162 e. The van der Waals surface area contributed by atoms with E-state index >= 15 is 0 Å². The molecule has 6 atom stereocenters. The minimum atomic E-state index is -0.391. The summed E-state index contributed by atoms with van der Waals surface area (Å²) in [6, 6.07) is 0. The Morgan fingerprint density at radius 2 is 2.09 bits per heavy atom. The second kappa shape index (κ2) is 7.00. The number of hydrogen-bond donors (Lipinski definition) is 1. The Labute approximate surface area is 139 Å². The highest BCUT2D eigenvalue weighted by atomic mass is 16.3. The minimum absolute atomic E-state index is 0.193. The molecule has 124 valence electrons. The highest BCUT2D eigenvalue weighted by molar-refractivity contribution is 6.01. The third kappa shape index (κ3) is 3.01. The van der Waals surface area contributed by atoms with Crippen molar-refractivity contribution in [3.63, 3.8) is 0 Å². The molecule has 0 spiro atoms. The number of aliphatic hydroxyl groups excluding tert-OH is 1. The van der Waals surface area contributed by atoms with Gasteiger partial charge in [-0.3, -0.25) is 4.79 Å². The zero-order chi connectivity index (χ0) is 16.4. The third-order valence-corrected chi connectivity index (χ3v) is 5.81. The fourth-order valence-electron chi connectivity index (χ4n) is 4.86. The van der Waals surface area contributed by atoms with Crippen LogP contribution in [-0.2, 0) is 4.79 Å². The van der Waals surface area contributed by atoms with Gasteiger partial charge in [0.05, 0.1) is 6.10 Å². The molecular weight excluding hydrogens is 284 g/mol. The highest BCUT2D eigenvalue weighted by Crippen LogP contribution is 2.58. The average Bonchev–Trinajstić information content (AvgIpc) is 3.20. The molecular formula is C21H28O2. The Hall–Kier alpha value is -1.41. The molecule has 0 radical (unpaired) electrons. The second-order valence-electron chi connectivity index (χ2n) is 7.21. The monoisotopic (exact) mass is 312 g/mol. The summed E-state index contributed by atoms with van der Waals surface area (Å²) in [4.78, 5) is 12.9. The van der Waals surface area contributed by atoms with E-state index in [1.165, 1.54) is 0 Å². The molecule has 2 fully saturated rings. The van der Waals surface area contributed by atoms with Gasteiger partial charge >= 0.3 is 0 Å². The van der Waals surface area contributed by atoms with Crippen molar-refractivity contribution in [3.8, 4) is 0 Å². The molecule has 2 nitrogen and oxygen atoms in total. The van der Waals surface area contributed by atoms with Crippen LogP contribution in [0.3, 0.4) is 0 Å². The van der Waals surface area contributed by atoms with Gasteiger partial charge < -0.3 is 5.11 Å². The molecule has 23 heavy (non-hydrogen) atoms. The predicted octanol–water partition coefficient (Wildman–Crippen LogP) is 4.23. The van der Waals surface area contributed by atoms with Crippen LogP contribution < -0.4 is 0 Å². The van der Waals surface area contributed by atoms with E-state index in [1.807, 2.05) is 18.2 Å². The first-order chi connectivity index (χ1) is 11.2. The summed E-state index contributed by atoms with van der Waals surface area (Å²) in [5, 5.41) is 10.1. The maximum absolute atomic E-state index is 12.9. The second-order valence-corrected chi connectivity index (χ2v) is 7.21. The van der Waals surface area contributed by atoms with E-state index in [4.69, 9.17) is 0 Å². The fourth-order valence-corrected chi connectivity index (χ4v) is 4.86. The summed E-state index contributed by atoms with van der Waals surface area (Å²) in [5.74, 6) is 2.34. The Balaban J connectivity index is 1.73. The first-order valence-electron chi connectivity index (χ1n) is 9.03. The van der Waals surface area contributed by atoms with Gasteiger partial charge in [-0.25, -0.2) is 0 Å². The first kappa shape index (κ1) is 16.4. The fraction of sp³-hybridized carbons (Fsp3) is 0.571. The molecule has 2 heteroatoms. The van der Waals surface area contributed by atoms with E-state index in [2.05, 4.69) is 31.7 Å². The van der Waals surface area contributed by atoms with Crippen LogP contribution in [0, 0.1) is 29.6 Å². The summed E-state index contributed by atoms with van der Waals surface area (Å²) in [6.07, 6.45) is 16.5. The molecule has 0 saturated heterocycles. The standard InChI is InChI=1S/C21H28O2/c1-3-5-6-8-16(22)11-12-18-17(7-4-2)19-14-9-10-15(13-14)20(19)21(18)23/h4-6,9-10,12,14-17,19-20,22H,2-3,7-8,11,13H2,1H3/b6-5-,18-12+/t14-,15+,16-,17-,19+,20+/m0/s1. The zero-order valence-electron chi connectivity index (χ0n) is 14.0. The Morgan fingerprint density at radius 3 is 2.83 bits per heavy atom. The van der Waals surface area contributed by atoms with E-state index in [-0.39, 0.29) is 5.92 Å². The molecule has 0 aromatic rings. The van der Waals surface area contributed by atoms with Crippen LogP contribution in [0.15, 0.2) is 48.6 Å². The summed E-state index contributed by atoms with van der Waals surface area (Å²) in [7, 11) is 0. The van der Waals surface area contributed by atoms with E-state index < -0.39 is 6.10 Å². The number of rotatable bonds is 7. The Kier molecular flexibility index (Phi) is 5.01. The lowest BCUT2D eigenvalue weighted by Crippen LogP contribution is -2.21. The lowest BCUT2D eigenvalue weighted by Gasteiger charge is -2.24. The summed E-state index contributed by atoms with van der Waals surface area (Å²) in [5.41, 5.74) is 0.969. The lowest BCUT2D eigenvalue weighted by molar-refractivity contribution is -0.119. The van der Waals surface area contributed by atoms with Gasteiger partial charge in [0.2, 0.25) is 0 Å². The van der Waals surface area contributed by atoms with Crippen LogP contribution in [0.4, 0.5) is 0 Å². The molecule has 0 unspecified atom stereocenters. The van der Waals surface area contributed by atoms with Crippen molar-refractivity contribution in [3.05, 3.63) is 48.6 Å². The van der Waals surface area contributed by atoms with Crippen LogP contribution in [0.1, 0.15) is 39.0 Å². The van der Waals surface area contributed by atoms with Crippen LogP contribution in [0.2, 0.25) is 0 Å².